The van der Waals surface area contributed by atoms with Crippen LogP contribution in [0.5, 0.6) is 0 Å². The Morgan fingerprint density at radius 2 is 2.17 bits per heavy atom. The van der Waals surface area contributed by atoms with E-state index in [1.165, 1.54) is 5.56 Å². The highest BCUT2D eigenvalue weighted by Crippen LogP contribution is 2.12. The number of hydrogen-bond donors (Lipinski definition) is 1. The smallest absolute Gasteiger partial charge is 0.0729 e. The van der Waals surface area contributed by atoms with Crippen molar-refractivity contribution >= 4 is 11.2 Å². The molecule has 0 saturated heterocycles. The second kappa shape index (κ2) is 4.52. The highest BCUT2D eigenvalue weighted by atomic mass is 15.3. The van der Waals surface area contributed by atoms with Crippen LogP contribution in [0.1, 0.15) is 12.5 Å². The van der Waals surface area contributed by atoms with E-state index in [1.807, 2.05) is 46.1 Å². The highest BCUT2D eigenvalue weighted by molar-refractivity contribution is 5.54. The lowest BCUT2D eigenvalue weighted by Gasteiger charge is -2.01. The maximum absolute atomic E-state index is 4.31. The SMILES string of the molecule is CCn1cc(NCc2cnn3ccccc23)cn1. The molecule has 3 aromatic heterocycles. The molecule has 3 rings (SSSR count). The average molecular weight is 241 g/mol. The Balaban J connectivity index is 1.76. The van der Waals surface area contributed by atoms with Crippen LogP contribution in [0.3, 0.4) is 0 Å². The Bertz CT molecular complexity index is 652. The fourth-order valence-corrected chi connectivity index (χ4v) is 1.95. The normalized spacial score (nSPS) is 10.9. The van der Waals surface area contributed by atoms with Crippen molar-refractivity contribution in [1.82, 2.24) is 19.4 Å². The van der Waals surface area contributed by atoms with Crippen molar-refractivity contribution in [3.63, 3.8) is 0 Å². The first kappa shape index (κ1) is 10.8. The Hall–Kier alpha value is -2.30. The summed E-state index contributed by atoms with van der Waals surface area (Å²) in [5, 5.41) is 11.9. The molecule has 0 radical (unpaired) electrons. The molecule has 0 fully saturated rings. The molecule has 3 aromatic rings. The van der Waals surface area contributed by atoms with Gasteiger partial charge in [-0.05, 0) is 19.1 Å². The molecular formula is C13H15N5. The first-order valence-corrected chi connectivity index (χ1v) is 6.04. The summed E-state index contributed by atoms with van der Waals surface area (Å²) in [5.74, 6) is 0. The summed E-state index contributed by atoms with van der Waals surface area (Å²) in [6.07, 6.45) is 7.70. The summed E-state index contributed by atoms with van der Waals surface area (Å²) in [4.78, 5) is 0. The summed E-state index contributed by atoms with van der Waals surface area (Å²) < 4.78 is 3.78. The molecule has 5 heteroatoms. The molecule has 0 aliphatic carbocycles. The van der Waals surface area contributed by atoms with Gasteiger partial charge in [0, 0.05) is 31.0 Å². The minimum atomic E-state index is 0.753. The number of aryl methyl sites for hydroxylation is 1. The maximum Gasteiger partial charge on any atom is 0.0729 e. The Labute approximate surface area is 105 Å². The van der Waals surface area contributed by atoms with Gasteiger partial charge in [-0.25, -0.2) is 4.52 Å². The molecule has 0 saturated carbocycles. The van der Waals surface area contributed by atoms with Gasteiger partial charge in [-0.3, -0.25) is 4.68 Å². The van der Waals surface area contributed by atoms with Crippen LogP contribution in [-0.2, 0) is 13.1 Å². The van der Waals surface area contributed by atoms with E-state index < -0.39 is 0 Å². The number of nitrogens with one attached hydrogen (secondary N) is 1. The van der Waals surface area contributed by atoms with Gasteiger partial charge in [0.1, 0.15) is 0 Å². The summed E-state index contributed by atoms with van der Waals surface area (Å²) >= 11 is 0. The van der Waals surface area contributed by atoms with Crippen LogP contribution >= 0.6 is 0 Å². The van der Waals surface area contributed by atoms with Crippen molar-refractivity contribution < 1.29 is 0 Å². The minimum absolute atomic E-state index is 0.753. The Morgan fingerprint density at radius 1 is 1.22 bits per heavy atom. The molecule has 18 heavy (non-hydrogen) atoms. The predicted octanol–water partition coefficient (Wildman–Crippen LogP) is 2.16. The molecule has 0 aliphatic heterocycles. The molecule has 0 aromatic carbocycles. The molecule has 0 spiro atoms. The molecule has 92 valence electrons. The number of anilines is 1. The minimum Gasteiger partial charge on any atom is -0.378 e. The lowest BCUT2D eigenvalue weighted by atomic mass is 10.2. The zero-order chi connectivity index (χ0) is 12.4. The van der Waals surface area contributed by atoms with Crippen LogP contribution < -0.4 is 5.32 Å². The first-order chi connectivity index (χ1) is 8.86. The second-order valence-corrected chi connectivity index (χ2v) is 4.14. The first-order valence-electron chi connectivity index (χ1n) is 6.04. The van der Waals surface area contributed by atoms with Gasteiger partial charge in [-0.15, -0.1) is 0 Å². The van der Waals surface area contributed by atoms with E-state index in [0.29, 0.717) is 0 Å². The van der Waals surface area contributed by atoms with Crippen LogP contribution in [0.2, 0.25) is 0 Å². The van der Waals surface area contributed by atoms with Crippen molar-refractivity contribution in [2.75, 3.05) is 5.32 Å². The van der Waals surface area contributed by atoms with E-state index in [-0.39, 0.29) is 0 Å². The van der Waals surface area contributed by atoms with Gasteiger partial charge < -0.3 is 5.32 Å². The van der Waals surface area contributed by atoms with Crippen LogP contribution in [0.25, 0.3) is 5.52 Å². The standard InChI is InChI=1S/C13H15N5/c1-2-17-10-12(9-15-17)14-7-11-8-16-18-6-4-3-5-13(11)18/h3-6,8-10,14H,2,7H2,1H3. The largest absolute Gasteiger partial charge is 0.378 e. The average Bonchev–Trinajstić information content (AvgIpc) is 3.03. The molecule has 0 aliphatic rings. The quantitative estimate of drug-likeness (QED) is 0.761. The van der Waals surface area contributed by atoms with Crippen molar-refractivity contribution in [2.45, 2.75) is 20.0 Å². The molecule has 1 N–H and O–H groups in total. The van der Waals surface area contributed by atoms with Crippen LogP contribution in [0, 0.1) is 0 Å². The molecule has 0 unspecified atom stereocenters. The van der Waals surface area contributed by atoms with Gasteiger partial charge in [0.15, 0.2) is 0 Å². The van der Waals surface area contributed by atoms with Crippen LogP contribution in [0.4, 0.5) is 5.69 Å². The van der Waals surface area contributed by atoms with Gasteiger partial charge in [0.2, 0.25) is 0 Å². The van der Waals surface area contributed by atoms with Crippen molar-refractivity contribution in [3.8, 4) is 0 Å². The third-order valence-electron chi connectivity index (χ3n) is 2.95. The topological polar surface area (TPSA) is 47.2 Å². The third kappa shape index (κ3) is 1.95. The third-order valence-corrected chi connectivity index (χ3v) is 2.95. The number of pyridine rings is 1. The molecule has 0 amide bonds. The van der Waals surface area contributed by atoms with E-state index >= 15 is 0 Å². The van der Waals surface area contributed by atoms with Crippen molar-refractivity contribution in [3.05, 3.63) is 48.5 Å². The molecule has 5 nitrogen and oxygen atoms in total. The molecular weight excluding hydrogens is 226 g/mol. The van der Waals surface area contributed by atoms with Gasteiger partial charge in [-0.1, -0.05) is 6.07 Å². The van der Waals surface area contributed by atoms with Crippen LogP contribution in [0.15, 0.2) is 43.0 Å². The predicted molar refractivity (Wildman–Crippen MR) is 70.4 cm³/mol. The van der Waals surface area contributed by atoms with E-state index in [9.17, 15) is 0 Å². The zero-order valence-corrected chi connectivity index (χ0v) is 10.2. The van der Waals surface area contributed by atoms with E-state index in [1.54, 1.807) is 0 Å². The monoisotopic (exact) mass is 241 g/mol. The van der Waals surface area contributed by atoms with E-state index in [4.69, 9.17) is 0 Å². The second-order valence-electron chi connectivity index (χ2n) is 4.14. The van der Waals surface area contributed by atoms with Gasteiger partial charge in [0.05, 0.1) is 23.6 Å². The lowest BCUT2D eigenvalue weighted by molar-refractivity contribution is 0.660. The van der Waals surface area contributed by atoms with Crippen molar-refractivity contribution in [1.29, 1.82) is 0 Å². The van der Waals surface area contributed by atoms with Gasteiger partial charge >= 0.3 is 0 Å². The molecule has 3 heterocycles. The van der Waals surface area contributed by atoms with Crippen LogP contribution in [-0.4, -0.2) is 19.4 Å². The van der Waals surface area contributed by atoms with Gasteiger partial charge in [-0.2, -0.15) is 10.2 Å². The zero-order valence-electron chi connectivity index (χ0n) is 10.2. The Morgan fingerprint density at radius 3 is 3.00 bits per heavy atom. The number of hydrogen-bond acceptors (Lipinski definition) is 3. The fraction of sp³-hybridized carbons (Fsp3) is 0.231. The van der Waals surface area contributed by atoms with Gasteiger partial charge in [0.25, 0.3) is 0 Å². The van der Waals surface area contributed by atoms with E-state index in [0.717, 1.165) is 24.3 Å². The number of aromatic nitrogens is 4. The summed E-state index contributed by atoms with van der Waals surface area (Å²) in [7, 11) is 0. The molecule has 0 bridgehead atoms. The van der Waals surface area contributed by atoms with Crippen molar-refractivity contribution in [2.24, 2.45) is 0 Å². The fourth-order valence-electron chi connectivity index (χ4n) is 1.95. The maximum atomic E-state index is 4.31. The summed E-state index contributed by atoms with van der Waals surface area (Å²) in [6, 6.07) is 6.07. The number of rotatable bonds is 4. The summed E-state index contributed by atoms with van der Waals surface area (Å²) in [6.45, 7) is 3.71. The summed E-state index contributed by atoms with van der Waals surface area (Å²) in [5.41, 5.74) is 3.35. The highest BCUT2D eigenvalue weighted by Gasteiger charge is 2.03. The Kier molecular flexibility index (Phi) is 2.72. The number of fused-ring (bicyclic) bond motifs is 1. The number of nitrogens with zero attached hydrogens (tertiary/aromatic N) is 4. The van der Waals surface area contributed by atoms with E-state index in [2.05, 4.69) is 28.5 Å². The molecule has 0 atom stereocenters. The lowest BCUT2D eigenvalue weighted by Crippen LogP contribution is -1.98.